The van der Waals surface area contributed by atoms with E-state index in [1.165, 1.54) is 10.9 Å². The largest absolute Gasteiger partial charge is 0.332 e. The SMILES string of the molecule is CNCc1cn(CC(C)C)c2ncccc12. The topological polar surface area (TPSA) is 29.9 Å². The molecule has 0 radical (unpaired) electrons. The molecule has 2 heterocycles. The maximum absolute atomic E-state index is 4.47. The van der Waals surface area contributed by atoms with Crippen LogP contribution in [0, 0.1) is 5.92 Å². The lowest BCUT2D eigenvalue weighted by Gasteiger charge is -2.06. The van der Waals surface area contributed by atoms with Crippen molar-refractivity contribution >= 4 is 11.0 Å². The number of rotatable bonds is 4. The lowest BCUT2D eigenvalue weighted by Crippen LogP contribution is -2.05. The number of nitrogens with one attached hydrogen (secondary N) is 1. The third-order valence-electron chi connectivity index (χ3n) is 2.65. The molecule has 0 aromatic carbocycles. The third kappa shape index (κ3) is 2.09. The van der Waals surface area contributed by atoms with Crippen LogP contribution in [-0.2, 0) is 13.1 Å². The average molecular weight is 217 g/mol. The molecule has 0 fully saturated rings. The van der Waals surface area contributed by atoms with Gasteiger partial charge in [0.15, 0.2) is 0 Å². The van der Waals surface area contributed by atoms with Crippen LogP contribution in [0.3, 0.4) is 0 Å². The van der Waals surface area contributed by atoms with Crippen LogP contribution >= 0.6 is 0 Å². The number of hydrogen-bond donors (Lipinski definition) is 1. The first-order valence-electron chi connectivity index (χ1n) is 5.79. The Morgan fingerprint density at radius 3 is 2.94 bits per heavy atom. The number of hydrogen-bond acceptors (Lipinski definition) is 2. The van der Waals surface area contributed by atoms with E-state index in [2.05, 4.69) is 41.0 Å². The van der Waals surface area contributed by atoms with Crippen molar-refractivity contribution in [3.8, 4) is 0 Å². The molecule has 1 N–H and O–H groups in total. The van der Waals surface area contributed by atoms with Crippen LogP contribution in [0.2, 0.25) is 0 Å². The van der Waals surface area contributed by atoms with Gasteiger partial charge in [0.05, 0.1) is 0 Å². The van der Waals surface area contributed by atoms with Gasteiger partial charge in [-0.05, 0) is 30.7 Å². The van der Waals surface area contributed by atoms with Crippen LogP contribution < -0.4 is 5.32 Å². The summed E-state index contributed by atoms with van der Waals surface area (Å²) in [4.78, 5) is 4.47. The molecular weight excluding hydrogens is 198 g/mol. The van der Waals surface area contributed by atoms with Crippen LogP contribution in [0.5, 0.6) is 0 Å². The fraction of sp³-hybridized carbons (Fsp3) is 0.462. The van der Waals surface area contributed by atoms with E-state index in [9.17, 15) is 0 Å². The van der Waals surface area contributed by atoms with E-state index in [0.717, 1.165) is 18.7 Å². The number of nitrogens with zero attached hydrogens (tertiary/aromatic N) is 2. The van der Waals surface area contributed by atoms with Crippen LogP contribution in [0.4, 0.5) is 0 Å². The molecule has 3 heteroatoms. The second kappa shape index (κ2) is 4.66. The van der Waals surface area contributed by atoms with Crippen molar-refractivity contribution in [2.45, 2.75) is 26.9 Å². The van der Waals surface area contributed by atoms with Gasteiger partial charge in [0, 0.05) is 30.9 Å². The van der Waals surface area contributed by atoms with Crippen molar-refractivity contribution < 1.29 is 0 Å². The van der Waals surface area contributed by atoms with Gasteiger partial charge in [0.25, 0.3) is 0 Å². The zero-order chi connectivity index (χ0) is 11.5. The summed E-state index contributed by atoms with van der Waals surface area (Å²) < 4.78 is 2.26. The standard InChI is InChI=1S/C13H19N3/c1-10(2)8-16-9-11(7-14-3)12-5-4-6-15-13(12)16/h4-6,9-10,14H,7-8H2,1-3H3. The predicted octanol–water partition coefficient (Wildman–Crippen LogP) is 2.41. The molecular formula is C13H19N3. The monoisotopic (exact) mass is 217 g/mol. The summed E-state index contributed by atoms with van der Waals surface area (Å²) in [5, 5.41) is 4.46. The Kier molecular flexibility index (Phi) is 3.25. The molecule has 16 heavy (non-hydrogen) atoms. The van der Waals surface area contributed by atoms with E-state index in [1.807, 2.05) is 19.3 Å². The number of fused-ring (bicyclic) bond motifs is 1. The highest BCUT2D eigenvalue weighted by Gasteiger charge is 2.09. The second-order valence-corrected chi connectivity index (χ2v) is 4.61. The predicted molar refractivity (Wildman–Crippen MR) is 67.3 cm³/mol. The van der Waals surface area contributed by atoms with E-state index >= 15 is 0 Å². The maximum Gasteiger partial charge on any atom is 0.140 e. The Morgan fingerprint density at radius 1 is 1.44 bits per heavy atom. The molecule has 2 rings (SSSR count). The van der Waals surface area contributed by atoms with Gasteiger partial charge >= 0.3 is 0 Å². The van der Waals surface area contributed by atoms with E-state index in [4.69, 9.17) is 0 Å². The molecule has 0 bridgehead atoms. The Hall–Kier alpha value is -1.35. The van der Waals surface area contributed by atoms with E-state index in [-0.39, 0.29) is 0 Å². The molecule has 0 aliphatic rings. The van der Waals surface area contributed by atoms with Gasteiger partial charge < -0.3 is 9.88 Å². The van der Waals surface area contributed by atoms with Gasteiger partial charge in [-0.2, -0.15) is 0 Å². The van der Waals surface area contributed by atoms with Gasteiger partial charge in [0.2, 0.25) is 0 Å². The van der Waals surface area contributed by atoms with Crippen molar-refractivity contribution in [3.63, 3.8) is 0 Å². The van der Waals surface area contributed by atoms with Crippen molar-refractivity contribution in [1.82, 2.24) is 14.9 Å². The summed E-state index contributed by atoms with van der Waals surface area (Å²) in [6.45, 7) is 6.38. The highest BCUT2D eigenvalue weighted by molar-refractivity contribution is 5.80. The van der Waals surface area contributed by atoms with Gasteiger partial charge in [0.1, 0.15) is 5.65 Å². The van der Waals surface area contributed by atoms with Gasteiger partial charge in [-0.25, -0.2) is 4.98 Å². The molecule has 0 unspecified atom stereocenters. The number of aromatic nitrogens is 2. The molecule has 0 spiro atoms. The van der Waals surface area contributed by atoms with Crippen molar-refractivity contribution in [2.75, 3.05) is 7.05 Å². The molecule has 0 aliphatic heterocycles. The van der Waals surface area contributed by atoms with Crippen LogP contribution in [-0.4, -0.2) is 16.6 Å². The molecule has 2 aromatic rings. The van der Waals surface area contributed by atoms with Crippen molar-refractivity contribution in [1.29, 1.82) is 0 Å². The Labute approximate surface area is 96.5 Å². The molecule has 0 atom stereocenters. The van der Waals surface area contributed by atoms with E-state index in [1.54, 1.807) is 0 Å². The minimum atomic E-state index is 0.639. The molecule has 0 saturated heterocycles. The zero-order valence-electron chi connectivity index (χ0n) is 10.2. The lowest BCUT2D eigenvalue weighted by molar-refractivity contribution is 0.532. The van der Waals surface area contributed by atoms with Crippen molar-refractivity contribution in [3.05, 3.63) is 30.1 Å². The Bertz CT molecular complexity index is 471. The summed E-state index contributed by atoms with van der Waals surface area (Å²) >= 11 is 0. The summed E-state index contributed by atoms with van der Waals surface area (Å²) in [6, 6.07) is 4.15. The first kappa shape index (κ1) is 11.1. The van der Waals surface area contributed by atoms with Gasteiger partial charge in [-0.15, -0.1) is 0 Å². The molecule has 0 saturated carbocycles. The van der Waals surface area contributed by atoms with Crippen LogP contribution in [0.25, 0.3) is 11.0 Å². The molecule has 86 valence electrons. The minimum absolute atomic E-state index is 0.639. The first-order valence-corrected chi connectivity index (χ1v) is 5.79. The van der Waals surface area contributed by atoms with Crippen molar-refractivity contribution in [2.24, 2.45) is 5.92 Å². The fourth-order valence-electron chi connectivity index (χ4n) is 2.06. The average Bonchev–Trinajstić information content (AvgIpc) is 2.58. The molecule has 0 aliphatic carbocycles. The Balaban J connectivity index is 2.48. The summed E-state index contributed by atoms with van der Waals surface area (Å²) in [7, 11) is 1.97. The molecule has 0 amide bonds. The second-order valence-electron chi connectivity index (χ2n) is 4.61. The molecule has 3 nitrogen and oxygen atoms in total. The fourth-order valence-corrected chi connectivity index (χ4v) is 2.06. The van der Waals surface area contributed by atoms with E-state index in [0.29, 0.717) is 5.92 Å². The van der Waals surface area contributed by atoms with Gasteiger partial charge in [-0.1, -0.05) is 13.8 Å². The smallest absolute Gasteiger partial charge is 0.140 e. The highest BCUT2D eigenvalue weighted by atomic mass is 15.0. The third-order valence-corrected chi connectivity index (χ3v) is 2.65. The van der Waals surface area contributed by atoms with Gasteiger partial charge in [-0.3, -0.25) is 0 Å². The maximum atomic E-state index is 4.47. The summed E-state index contributed by atoms with van der Waals surface area (Å²) in [5.74, 6) is 0.639. The molecule has 2 aromatic heterocycles. The lowest BCUT2D eigenvalue weighted by atomic mass is 10.2. The zero-order valence-corrected chi connectivity index (χ0v) is 10.2. The normalized spacial score (nSPS) is 11.5. The summed E-state index contributed by atoms with van der Waals surface area (Å²) in [6.07, 6.45) is 4.08. The van der Waals surface area contributed by atoms with Crippen LogP contribution in [0.15, 0.2) is 24.5 Å². The van der Waals surface area contributed by atoms with Crippen LogP contribution in [0.1, 0.15) is 19.4 Å². The minimum Gasteiger partial charge on any atom is -0.332 e. The number of pyridine rings is 1. The Morgan fingerprint density at radius 2 is 2.25 bits per heavy atom. The first-order chi connectivity index (χ1) is 7.72. The quantitative estimate of drug-likeness (QED) is 0.852. The summed E-state index contributed by atoms with van der Waals surface area (Å²) in [5.41, 5.74) is 2.42. The highest BCUT2D eigenvalue weighted by Crippen LogP contribution is 2.20. The van der Waals surface area contributed by atoms with E-state index < -0.39 is 0 Å².